The first kappa shape index (κ1) is 12.9. The average molecular weight is 260 g/mol. The molecule has 2 atom stereocenters. The summed E-state index contributed by atoms with van der Waals surface area (Å²) in [4.78, 5) is 4.76. The van der Waals surface area contributed by atoms with Gasteiger partial charge >= 0.3 is 0 Å². The van der Waals surface area contributed by atoms with E-state index in [1.165, 1.54) is 24.1 Å². The summed E-state index contributed by atoms with van der Waals surface area (Å²) >= 11 is 0. The van der Waals surface area contributed by atoms with Crippen LogP contribution in [0.25, 0.3) is 0 Å². The molecule has 0 bridgehead atoms. The highest BCUT2D eigenvalue weighted by Crippen LogP contribution is 2.44. The summed E-state index contributed by atoms with van der Waals surface area (Å²) in [5.74, 6) is 1.04. The van der Waals surface area contributed by atoms with Crippen LogP contribution in [0.5, 0.6) is 0 Å². The molecule has 3 nitrogen and oxygen atoms in total. The predicted molar refractivity (Wildman–Crippen MR) is 77.5 cm³/mol. The molecular weight excluding hydrogens is 236 g/mol. The van der Waals surface area contributed by atoms with Gasteiger partial charge in [0.25, 0.3) is 0 Å². The molecule has 3 heteroatoms. The Balaban J connectivity index is 1.67. The second-order valence-corrected chi connectivity index (χ2v) is 6.35. The van der Waals surface area contributed by atoms with Gasteiger partial charge in [0.2, 0.25) is 0 Å². The lowest BCUT2D eigenvalue weighted by atomic mass is 9.64. The molecule has 2 aliphatic rings. The molecule has 3 rings (SSSR count). The zero-order chi connectivity index (χ0) is 13.5. The fraction of sp³-hybridized carbons (Fsp3) is 0.688. The number of nitrogens with zero attached hydrogens (tertiary/aromatic N) is 1. The number of aryl methyl sites for hydroxylation is 2. The van der Waals surface area contributed by atoms with Crippen molar-refractivity contribution in [3.05, 3.63) is 23.4 Å². The number of ether oxygens (including phenoxy) is 1. The summed E-state index contributed by atoms with van der Waals surface area (Å²) in [5, 5.41) is 3.60. The Hall–Kier alpha value is -1.09. The normalized spacial score (nSPS) is 27.7. The lowest BCUT2D eigenvalue weighted by Gasteiger charge is -2.51. The topological polar surface area (TPSA) is 34.1 Å². The molecular formula is C16H24N2O. The van der Waals surface area contributed by atoms with Gasteiger partial charge in [0.15, 0.2) is 0 Å². The number of hydrogen-bond donors (Lipinski definition) is 1. The molecule has 0 aliphatic heterocycles. The Morgan fingerprint density at radius 1 is 1.37 bits per heavy atom. The van der Waals surface area contributed by atoms with Crippen LogP contribution in [0, 0.1) is 5.41 Å². The molecule has 0 amide bonds. The smallest absolute Gasteiger partial charge is 0.126 e. The lowest BCUT2D eigenvalue weighted by Crippen LogP contribution is -2.58. The van der Waals surface area contributed by atoms with Gasteiger partial charge in [0.05, 0.1) is 6.10 Å². The van der Waals surface area contributed by atoms with Crippen molar-refractivity contribution in [1.29, 1.82) is 0 Å². The van der Waals surface area contributed by atoms with Gasteiger partial charge in [-0.05, 0) is 44.2 Å². The van der Waals surface area contributed by atoms with Gasteiger partial charge in [-0.15, -0.1) is 0 Å². The first-order chi connectivity index (χ1) is 9.11. The zero-order valence-corrected chi connectivity index (χ0v) is 12.2. The summed E-state index contributed by atoms with van der Waals surface area (Å²) in [5.41, 5.74) is 2.92. The van der Waals surface area contributed by atoms with E-state index >= 15 is 0 Å². The molecule has 1 aromatic rings. The van der Waals surface area contributed by atoms with E-state index in [0.717, 1.165) is 25.3 Å². The van der Waals surface area contributed by atoms with E-state index in [0.29, 0.717) is 12.1 Å². The number of pyridine rings is 1. The Bertz CT molecular complexity index is 470. The zero-order valence-electron chi connectivity index (χ0n) is 12.2. The summed E-state index contributed by atoms with van der Waals surface area (Å²) in [7, 11) is 0. The summed E-state index contributed by atoms with van der Waals surface area (Å²) < 4.78 is 5.77. The second kappa shape index (κ2) is 4.78. The summed E-state index contributed by atoms with van der Waals surface area (Å²) in [6.07, 6.45) is 5.06. The third-order valence-corrected chi connectivity index (χ3v) is 4.80. The Labute approximate surface area is 115 Å². The molecule has 104 valence electrons. The quantitative estimate of drug-likeness (QED) is 0.902. The van der Waals surface area contributed by atoms with Crippen LogP contribution in [-0.4, -0.2) is 23.7 Å². The highest BCUT2D eigenvalue weighted by Gasteiger charge is 2.49. The molecule has 0 saturated heterocycles. The third-order valence-electron chi connectivity index (χ3n) is 4.80. The van der Waals surface area contributed by atoms with Crippen molar-refractivity contribution in [3.8, 4) is 0 Å². The van der Waals surface area contributed by atoms with Crippen LogP contribution in [0.3, 0.4) is 0 Å². The van der Waals surface area contributed by atoms with Crippen molar-refractivity contribution in [2.45, 2.75) is 58.6 Å². The number of fused-ring (bicyclic) bond motifs is 1. The van der Waals surface area contributed by atoms with Gasteiger partial charge < -0.3 is 10.1 Å². The Kier molecular flexibility index (Phi) is 3.25. The van der Waals surface area contributed by atoms with Crippen LogP contribution in [0.15, 0.2) is 12.1 Å². The van der Waals surface area contributed by atoms with E-state index in [1.54, 1.807) is 0 Å². The van der Waals surface area contributed by atoms with Crippen LogP contribution in [0.1, 0.15) is 44.9 Å². The molecule has 1 N–H and O–H groups in total. The van der Waals surface area contributed by atoms with E-state index in [-0.39, 0.29) is 5.41 Å². The monoisotopic (exact) mass is 260 g/mol. The Morgan fingerprint density at radius 2 is 2.21 bits per heavy atom. The number of nitrogens with one attached hydrogen (secondary N) is 1. The molecule has 0 spiro atoms. The summed E-state index contributed by atoms with van der Waals surface area (Å²) in [6, 6.07) is 4.84. The van der Waals surface area contributed by atoms with Crippen molar-refractivity contribution in [2.75, 3.05) is 11.9 Å². The maximum Gasteiger partial charge on any atom is 0.126 e. The SMILES string of the molecule is CCOC1CC(Nc2ccc3c(n2)CCC3)C1(C)C. The fourth-order valence-corrected chi connectivity index (χ4v) is 3.29. The minimum Gasteiger partial charge on any atom is -0.378 e. The van der Waals surface area contributed by atoms with Crippen molar-refractivity contribution < 1.29 is 4.74 Å². The molecule has 1 saturated carbocycles. The highest BCUT2D eigenvalue weighted by atomic mass is 16.5. The molecule has 2 unspecified atom stereocenters. The van der Waals surface area contributed by atoms with Gasteiger partial charge in [-0.2, -0.15) is 0 Å². The van der Waals surface area contributed by atoms with Gasteiger partial charge in [0, 0.05) is 23.8 Å². The number of aromatic nitrogens is 1. The van der Waals surface area contributed by atoms with Gasteiger partial charge in [-0.1, -0.05) is 19.9 Å². The highest BCUT2D eigenvalue weighted by molar-refractivity contribution is 5.42. The molecule has 1 heterocycles. The summed E-state index contributed by atoms with van der Waals surface area (Å²) in [6.45, 7) is 7.43. The van der Waals surface area contributed by atoms with Crippen LogP contribution in [0.4, 0.5) is 5.82 Å². The van der Waals surface area contributed by atoms with Crippen molar-refractivity contribution in [3.63, 3.8) is 0 Å². The van der Waals surface area contributed by atoms with E-state index in [4.69, 9.17) is 9.72 Å². The molecule has 0 aromatic carbocycles. The maximum atomic E-state index is 5.77. The van der Waals surface area contributed by atoms with Crippen LogP contribution >= 0.6 is 0 Å². The number of rotatable bonds is 4. The van der Waals surface area contributed by atoms with Crippen LogP contribution in [-0.2, 0) is 17.6 Å². The Morgan fingerprint density at radius 3 is 2.95 bits per heavy atom. The first-order valence-corrected chi connectivity index (χ1v) is 7.48. The number of anilines is 1. The second-order valence-electron chi connectivity index (χ2n) is 6.35. The third kappa shape index (κ3) is 2.25. The van der Waals surface area contributed by atoms with E-state index in [9.17, 15) is 0 Å². The van der Waals surface area contributed by atoms with Crippen molar-refractivity contribution in [2.24, 2.45) is 5.41 Å². The molecule has 19 heavy (non-hydrogen) atoms. The maximum absolute atomic E-state index is 5.77. The average Bonchev–Trinajstić information content (AvgIpc) is 2.85. The molecule has 2 aliphatic carbocycles. The minimum atomic E-state index is 0.191. The largest absolute Gasteiger partial charge is 0.378 e. The standard InChI is InChI=1S/C16H24N2O/c1-4-19-14-10-13(16(14,2)3)18-15-9-8-11-6-5-7-12(11)17-15/h8-9,13-14H,4-7,10H2,1-3H3,(H,17,18). The molecule has 1 fully saturated rings. The fourth-order valence-electron chi connectivity index (χ4n) is 3.29. The predicted octanol–water partition coefficient (Wildman–Crippen LogP) is 3.19. The van der Waals surface area contributed by atoms with Gasteiger partial charge in [-0.25, -0.2) is 4.98 Å². The molecule has 1 aromatic heterocycles. The van der Waals surface area contributed by atoms with E-state index in [2.05, 4.69) is 38.2 Å². The van der Waals surface area contributed by atoms with Crippen molar-refractivity contribution >= 4 is 5.82 Å². The van der Waals surface area contributed by atoms with Gasteiger partial charge in [-0.3, -0.25) is 0 Å². The molecule has 0 radical (unpaired) electrons. The van der Waals surface area contributed by atoms with Crippen LogP contribution in [0.2, 0.25) is 0 Å². The lowest BCUT2D eigenvalue weighted by molar-refractivity contribution is -0.0976. The van der Waals surface area contributed by atoms with E-state index < -0.39 is 0 Å². The minimum absolute atomic E-state index is 0.191. The van der Waals surface area contributed by atoms with E-state index in [1.807, 2.05) is 0 Å². The van der Waals surface area contributed by atoms with Crippen molar-refractivity contribution in [1.82, 2.24) is 4.98 Å². The number of hydrogen-bond acceptors (Lipinski definition) is 3. The van der Waals surface area contributed by atoms with Gasteiger partial charge in [0.1, 0.15) is 5.82 Å². The first-order valence-electron chi connectivity index (χ1n) is 7.48. The van der Waals surface area contributed by atoms with Crippen LogP contribution < -0.4 is 5.32 Å².